The first-order valence-corrected chi connectivity index (χ1v) is 10.3. The molecule has 2 rings (SSSR count). The van der Waals surface area contributed by atoms with E-state index in [0.29, 0.717) is 5.78 Å². The van der Waals surface area contributed by atoms with Crippen LogP contribution in [0.5, 0.6) is 0 Å². The van der Waals surface area contributed by atoms with Gasteiger partial charge in [0.1, 0.15) is 5.78 Å². The molecule has 26 heavy (non-hydrogen) atoms. The topological polar surface area (TPSA) is 30.0 Å². The van der Waals surface area contributed by atoms with Crippen LogP contribution in [-0.4, -0.2) is 10.8 Å². The van der Waals surface area contributed by atoms with Crippen molar-refractivity contribution in [3.05, 3.63) is 54.2 Å². The highest BCUT2D eigenvalue weighted by Gasteiger charge is 2.05. The third-order valence-electron chi connectivity index (χ3n) is 4.93. The smallest absolute Gasteiger partial charge is 0.129 e. The van der Waals surface area contributed by atoms with Gasteiger partial charge in [-0.25, -0.2) is 0 Å². The molecule has 0 spiro atoms. The second-order valence-electron chi connectivity index (χ2n) is 7.26. The third kappa shape index (κ3) is 7.95. The molecule has 0 radical (unpaired) electrons. The van der Waals surface area contributed by atoms with Crippen LogP contribution in [0.3, 0.4) is 0 Å². The Bertz CT molecular complexity index is 636. The molecule has 140 valence electrons. The molecule has 1 aromatic carbocycles. The van der Waals surface area contributed by atoms with Crippen LogP contribution in [-0.2, 0) is 11.2 Å². The van der Waals surface area contributed by atoms with Crippen molar-refractivity contribution in [3.8, 4) is 11.3 Å². The van der Waals surface area contributed by atoms with Crippen molar-refractivity contribution < 1.29 is 4.79 Å². The van der Waals surface area contributed by atoms with Gasteiger partial charge in [0.15, 0.2) is 0 Å². The lowest BCUT2D eigenvalue weighted by Gasteiger charge is -2.09. The van der Waals surface area contributed by atoms with Gasteiger partial charge in [0.25, 0.3) is 0 Å². The van der Waals surface area contributed by atoms with E-state index in [1.807, 2.05) is 12.3 Å². The van der Waals surface area contributed by atoms with Gasteiger partial charge in [-0.1, -0.05) is 75.3 Å². The highest BCUT2D eigenvalue weighted by molar-refractivity contribution is 5.75. The lowest BCUT2D eigenvalue weighted by molar-refractivity contribution is -0.117. The van der Waals surface area contributed by atoms with E-state index < -0.39 is 0 Å². The molecule has 2 heteroatoms. The summed E-state index contributed by atoms with van der Waals surface area (Å²) in [6.07, 6.45) is 15.2. The summed E-state index contributed by atoms with van der Waals surface area (Å²) < 4.78 is 0. The second kappa shape index (κ2) is 12.4. The first kappa shape index (κ1) is 20.4. The lowest BCUT2D eigenvalue weighted by atomic mass is 9.98. The van der Waals surface area contributed by atoms with Crippen molar-refractivity contribution in [1.29, 1.82) is 0 Å². The number of carbonyl (C=O) groups is 1. The van der Waals surface area contributed by atoms with Gasteiger partial charge in [0.05, 0.1) is 5.69 Å². The zero-order valence-corrected chi connectivity index (χ0v) is 16.3. The molecule has 0 bridgehead atoms. The van der Waals surface area contributed by atoms with Crippen LogP contribution in [0.2, 0.25) is 0 Å². The van der Waals surface area contributed by atoms with E-state index in [0.717, 1.165) is 25.0 Å². The van der Waals surface area contributed by atoms with Gasteiger partial charge in [-0.05, 0) is 43.9 Å². The van der Waals surface area contributed by atoms with E-state index in [9.17, 15) is 4.79 Å². The lowest BCUT2D eigenvalue weighted by Crippen LogP contribution is -1.92. The summed E-state index contributed by atoms with van der Waals surface area (Å²) in [5, 5.41) is 0. The first-order chi connectivity index (χ1) is 12.8. The minimum atomic E-state index is 0.328. The molecule has 0 aliphatic heterocycles. The Morgan fingerprint density at radius 3 is 2.04 bits per heavy atom. The molecule has 0 aliphatic carbocycles. The van der Waals surface area contributed by atoms with Crippen LogP contribution in [0.15, 0.2) is 48.7 Å². The number of hydrogen-bond acceptors (Lipinski definition) is 2. The van der Waals surface area contributed by atoms with Crippen LogP contribution in [0.25, 0.3) is 11.3 Å². The molecule has 1 aromatic heterocycles. The minimum absolute atomic E-state index is 0.328. The van der Waals surface area contributed by atoms with Gasteiger partial charge in [-0.3, -0.25) is 4.98 Å². The molecule has 0 amide bonds. The Hall–Kier alpha value is -1.96. The monoisotopic (exact) mass is 351 g/mol. The minimum Gasteiger partial charge on any atom is -0.300 e. The second-order valence-corrected chi connectivity index (χ2v) is 7.26. The molecule has 0 saturated heterocycles. The first-order valence-electron chi connectivity index (χ1n) is 10.3. The van der Waals surface area contributed by atoms with Crippen LogP contribution in [0, 0.1) is 0 Å². The number of carbonyl (C=O) groups excluding carboxylic acids is 1. The van der Waals surface area contributed by atoms with Crippen molar-refractivity contribution in [3.63, 3.8) is 0 Å². The number of unbranched alkanes of at least 4 members (excludes halogenated alkanes) is 8. The van der Waals surface area contributed by atoms with Crippen molar-refractivity contribution in [2.24, 2.45) is 0 Å². The number of benzene rings is 1. The van der Waals surface area contributed by atoms with E-state index >= 15 is 0 Å². The van der Waals surface area contributed by atoms with Crippen LogP contribution >= 0.6 is 0 Å². The molecule has 0 atom stereocenters. The summed E-state index contributed by atoms with van der Waals surface area (Å²) in [6, 6.07) is 14.8. The van der Waals surface area contributed by atoms with E-state index in [1.165, 1.54) is 62.5 Å². The maximum Gasteiger partial charge on any atom is 0.129 e. The maximum atomic E-state index is 10.9. The summed E-state index contributed by atoms with van der Waals surface area (Å²) in [7, 11) is 0. The van der Waals surface area contributed by atoms with E-state index in [1.54, 1.807) is 6.92 Å². The quantitative estimate of drug-likeness (QED) is 0.372. The highest BCUT2D eigenvalue weighted by atomic mass is 16.1. The molecule has 0 fully saturated rings. The number of aromatic nitrogens is 1. The molecule has 2 aromatic rings. The number of nitrogens with zero attached hydrogens (tertiary/aromatic N) is 1. The van der Waals surface area contributed by atoms with Crippen molar-refractivity contribution in [2.75, 3.05) is 0 Å². The number of pyridine rings is 1. The summed E-state index contributed by atoms with van der Waals surface area (Å²) in [6.45, 7) is 1.69. The van der Waals surface area contributed by atoms with Crippen LogP contribution < -0.4 is 0 Å². The summed E-state index contributed by atoms with van der Waals surface area (Å²) >= 11 is 0. The van der Waals surface area contributed by atoms with Gasteiger partial charge in [-0.2, -0.15) is 0 Å². The number of rotatable bonds is 13. The zero-order valence-electron chi connectivity index (χ0n) is 16.3. The van der Waals surface area contributed by atoms with Crippen molar-refractivity contribution >= 4 is 5.78 Å². The van der Waals surface area contributed by atoms with Crippen LogP contribution in [0.4, 0.5) is 0 Å². The van der Waals surface area contributed by atoms with Gasteiger partial charge in [0, 0.05) is 18.2 Å². The Kier molecular flexibility index (Phi) is 9.71. The molecule has 0 N–H and O–H groups in total. The largest absolute Gasteiger partial charge is 0.300 e. The van der Waals surface area contributed by atoms with Gasteiger partial charge < -0.3 is 4.79 Å². The standard InChI is InChI=1S/C24H33NO/c1-21(26)15-9-7-5-3-2-4-6-8-10-16-22-17-11-12-18-23(22)24-19-13-14-20-25-24/h11-14,17-20H,2-10,15-16H2,1H3. The van der Waals surface area contributed by atoms with E-state index in [2.05, 4.69) is 41.4 Å². The Labute approximate surface area is 159 Å². The molecule has 0 saturated carbocycles. The summed E-state index contributed by atoms with van der Waals surface area (Å²) in [4.78, 5) is 15.4. The molecular weight excluding hydrogens is 318 g/mol. The van der Waals surface area contributed by atoms with Crippen molar-refractivity contribution in [1.82, 2.24) is 4.98 Å². The normalized spacial score (nSPS) is 10.8. The molecule has 0 aliphatic rings. The molecule has 0 unspecified atom stereocenters. The molecular formula is C24H33NO. The average Bonchev–Trinajstić information content (AvgIpc) is 2.67. The molecule has 2 nitrogen and oxygen atoms in total. The number of aryl methyl sites for hydroxylation is 1. The van der Waals surface area contributed by atoms with Crippen molar-refractivity contribution in [2.45, 2.75) is 77.6 Å². The Balaban J connectivity index is 1.57. The average molecular weight is 352 g/mol. The van der Waals surface area contributed by atoms with Gasteiger partial charge in [-0.15, -0.1) is 0 Å². The van der Waals surface area contributed by atoms with Gasteiger partial charge >= 0.3 is 0 Å². The Morgan fingerprint density at radius 2 is 1.38 bits per heavy atom. The van der Waals surface area contributed by atoms with E-state index in [4.69, 9.17) is 0 Å². The predicted molar refractivity (Wildman–Crippen MR) is 110 cm³/mol. The molecule has 1 heterocycles. The van der Waals surface area contributed by atoms with E-state index in [-0.39, 0.29) is 0 Å². The summed E-state index contributed by atoms with van der Waals surface area (Å²) in [5.74, 6) is 0.328. The number of ketones is 1. The highest BCUT2D eigenvalue weighted by Crippen LogP contribution is 2.23. The van der Waals surface area contributed by atoms with Gasteiger partial charge in [0.2, 0.25) is 0 Å². The fourth-order valence-corrected chi connectivity index (χ4v) is 3.44. The SMILES string of the molecule is CC(=O)CCCCCCCCCCCc1ccccc1-c1ccccn1. The van der Waals surface area contributed by atoms with Crippen LogP contribution in [0.1, 0.15) is 76.7 Å². The third-order valence-corrected chi connectivity index (χ3v) is 4.93. The number of hydrogen-bond donors (Lipinski definition) is 0. The summed E-state index contributed by atoms with van der Waals surface area (Å²) in [5.41, 5.74) is 3.77. The maximum absolute atomic E-state index is 10.9. The predicted octanol–water partition coefficient (Wildman–Crippen LogP) is 6.78. The fourth-order valence-electron chi connectivity index (χ4n) is 3.44. The Morgan fingerprint density at radius 1 is 0.769 bits per heavy atom. The fraction of sp³-hybridized carbons (Fsp3) is 0.500. The zero-order chi connectivity index (χ0) is 18.5. The number of Topliss-reactive ketones (excluding diaryl/α,β-unsaturated/α-hetero) is 1.